The molecule has 0 aliphatic rings. The van der Waals surface area contributed by atoms with E-state index in [0.717, 1.165) is 5.56 Å². The Morgan fingerprint density at radius 2 is 1.85 bits per heavy atom. The van der Waals surface area contributed by atoms with Crippen molar-refractivity contribution in [2.45, 2.75) is 65.1 Å². The molecule has 0 spiro atoms. The van der Waals surface area contributed by atoms with Crippen molar-refractivity contribution in [1.29, 1.82) is 5.26 Å². The van der Waals surface area contributed by atoms with Crippen LogP contribution in [-0.4, -0.2) is 21.2 Å². The van der Waals surface area contributed by atoms with Crippen molar-refractivity contribution in [2.24, 2.45) is 0 Å². The Labute approximate surface area is 161 Å². The van der Waals surface area contributed by atoms with Crippen LogP contribution in [0.15, 0.2) is 36.5 Å². The van der Waals surface area contributed by atoms with E-state index in [0.29, 0.717) is 25.0 Å². The molecule has 1 amide bonds. The van der Waals surface area contributed by atoms with Crippen molar-refractivity contribution in [3.63, 3.8) is 0 Å². The largest absolute Gasteiger partial charge is 0.471 e. The summed E-state index contributed by atoms with van der Waals surface area (Å²) in [6, 6.07) is 11.9. The molecule has 1 aromatic carbocycles. The van der Waals surface area contributed by atoms with Gasteiger partial charge in [-0.25, -0.2) is 0 Å². The number of nitriles is 1. The molecule has 2 rings (SSSR count). The quantitative estimate of drug-likeness (QED) is 0.800. The molecule has 6 heteroatoms. The minimum Gasteiger partial charge on any atom is -0.471 e. The summed E-state index contributed by atoms with van der Waals surface area (Å²) in [6.07, 6.45) is 2.74. The van der Waals surface area contributed by atoms with Gasteiger partial charge in [0.05, 0.1) is 11.6 Å². The average molecular weight is 368 g/mol. The third-order valence-corrected chi connectivity index (χ3v) is 4.60. The van der Waals surface area contributed by atoms with Crippen LogP contribution in [0.5, 0.6) is 5.88 Å². The number of nitrogens with one attached hydrogen (secondary N) is 1. The fourth-order valence-corrected chi connectivity index (χ4v) is 2.59. The van der Waals surface area contributed by atoms with Gasteiger partial charge in [0.15, 0.2) is 0 Å². The van der Waals surface area contributed by atoms with Crippen LogP contribution in [0.1, 0.15) is 63.4 Å². The fraction of sp³-hybridized carbons (Fsp3) is 0.476. The zero-order valence-electron chi connectivity index (χ0n) is 16.7. The van der Waals surface area contributed by atoms with Crippen molar-refractivity contribution in [1.82, 2.24) is 15.1 Å². The highest BCUT2D eigenvalue weighted by atomic mass is 16.5. The number of hydrogen-bond donors (Lipinski definition) is 1. The SMILES string of the molecule is CCC(C#N)(CC)NC(=O)c1cn(C(C)(C)C)nc1OCc1ccccc1. The van der Waals surface area contributed by atoms with Crippen molar-refractivity contribution < 1.29 is 9.53 Å². The predicted octanol–water partition coefficient (Wildman–Crippen LogP) is 4.03. The van der Waals surface area contributed by atoms with E-state index in [1.165, 1.54) is 0 Å². The number of hydrogen-bond acceptors (Lipinski definition) is 4. The molecule has 0 bridgehead atoms. The topological polar surface area (TPSA) is 79.9 Å². The van der Waals surface area contributed by atoms with Gasteiger partial charge in [0.1, 0.15) is 17.7 Å². The number of ether oxygens (including phenoxy) is 1. The maximum atomic E-state index is 12.9. The van der Waals surface area contributed by atoms with Crippen LogP contribution in [0, 0.1) is 11.3 Å². The van der Waals surface area contributed by atoms with Crippen LogP contribution in [0.25, 0.3) is 0 Å². The molecule has 6 nitrogen and oxygen atoms in total. The summed E-state index contributed by atoms with van der Waals surface area (Å²) in [5.74, 6) is -0.0795. The monoisotopic (exact) mass is 368 g/mol. The number of rotatable bonds is 7. The summed E-state index contributed by atoms with van der Waals surface area (Å²) in [7, 11) is 0. The van der Waals surface area contributed by atoms with E-state index >= 15 is 0 Å². The molecule has 27 heavy (non-hydrogen) atoms. The molecule has 1 heterocycles. The molecule has 1 aromatic heterocycles. The maximum Gasteiger partial charge on any atom is 0.259 e. The molecule has 1 N–H and O–H groups in total. The predicted molar refractivity (Wildman–Crippen MR) is 104 cm³/mol. The van der Waals surface area contributed by atoms with E-state index in [1.807, 2.05) is 65.0 Å². The minimum atomic E-state index is -0.891. The van der Waals surface area contributed by atoms with Gasteiger partial charge in [0, 0.05) is 6.20 Å². The standard InChI is InChI=1S/C21H28N4O2/c1-6-21(7-2,15-22)23-18(26)17-13-25(20(3,4)5)24-19(17)27-14-16-11-9-8-10-12-16/h8-13H,6-7,14H2,1-5H3,(H,23,26). The number of nitrogens with zero attached hydrogens (tertiary/aromatic N) is 3. The Balaban J connectivity index is 2.31. The lowest BCUT2D eigenvalue weighted by Crippen LogP contribution is -2.46. The molecule has 0 saturated heterocycles. The highest BCUT2D eigenvalue weighted by Gasteiger charge is 2.31. The van der Waals surface area contributed by atoms with Crippen LogP contribution in [-0.2, 0) is 12.1 Å². The second kappa shape index (κ2) is 8.26. The van der Waals surface area contributed by atoms with E-state index < -0.39 is 5.54 Å². The lowest BCUT2D eigenvalue weighted by Gasteiger charge is -2.24. The number of amides is 1. The molecule has 0 radical (unpaired) electrons. The zero-order chi connectivity index (χ0) is 20.1. The lowest BCUT2D eigenvalue weighted by atomic mass is 9.94. The van der Waals surface area contributed by atoms with Crippen molar-refractivity contribution >= 4 is 5.91 Å². The second-order valence-electron chi connectivity index (χ2n) is 7.59. The Morgan fingerprint density at radius 1 is 1.22 bits per heavy atom. The molecule has 0 atom stereocenters. The van der Waals surface area contributed by atoms with Crippen LogP contribution >= 0.6 is 0 Å². The lowest BCUT2D eigenvalue weighted by molar-refractivity contribution is 0.0911. The van der Waals surface area contributed by atoms with Crippen LogP contribution in [0.2, 0.25) is 0 Å². The molecule has 0 unspecified atom stereocenters. The van der Waals surface area contributed by atoms with Gasteiger partial charge in [0.2, 0.25) is 5.88 Å². The Bertz CT molecular complexity index is 809. The van der Waals surface area contributed by atoms with Crippen LogP contribution in [0.3, 0.4) is 0 Å². The number of carbonyl (C=O) groups is 1. The highest BCUT2D eigenvalue weighted by molar-refractivity contribution is 5.97. The summed E-state index contributed by atoms with van der Waals surface area (Å²) < 4.78 is 7.58. The van der Waals surface area contributed by atoms with Crippen LogP contribution < -0.4 is 10.1 Å². The van der Waals surface area contributed by atoms with Gasteiger partial charge in [-0.1, -0.05) is 44.2 Å². The van der Waals surface area contributed by atoms with E-state index in [2.05, 4.69) is 16.5 Å². The average Bonchev–Trinajstić information content (AvgIpc) is 3.10. The molecular formula is C21H28N4O2. The second-order valence-corrected chi connectivity index (χ2v) is 7.59. The summed E-state index contributed by atoms with van der Waals surface area (Å²) in [5.41, 5.74) is 0.132. The summed E-state index contributed by atoms with van der Waals surface area (Å²) in [4.78, 5) is 12.9. The fourth-order valence-electron chi connectivity index (χ4n) is 2.59. The van der Waals surface area contributed by atoms with E-state index in [1.54, 1.807) is 10.9 Å². The Hall–Kier alpha value is -2.81. The normalized spacial score (nSPS) is 11.7. The first-order valence-electron chi connectivity index (χ1n) is 9.25. The third-order valence-electron chi connectivity index (χ3n) is 4.60. The third kappa shape index (κ3) is 4.88. The summed E-state index contributed by atoms with van der Waals surface area (Å²) in [6.45, 7) is 10.1. The molecular weight excluding hydrogens is 340 g/mol. The van der Waals surface area contributed by atoms with Gasteiger partial charge >= 0.3 is 0 Å². The Morgan fingerprint density at radius 3 is 2.37 bits per heavy atom. The number of carbonyl (C=O) groups excluding carboxylic acids is 1. The molecule has 0 aliphatic heterocycles. The van der Waals surface area contributed by atoms with Gasteiger partial charge in [-0.3, -0.25) is 9.48 Å². The first-order chi connectivity index (χ1) is 12.7. The van der Waals surface area contributed by atoms with Crippen molar-refractivity contribution in [2.75, 3.05) is 0 Å². The van der Waals surface area contributed by atoms with Gasteiger partial charge in [-0.2, -0.15) is 5.26 Å². The van der Waals surface area contributed by atoms with Crippen LogP contribution in [0.4, 0.5) is 0 Å². The van der Waals surface area contributed by atoms with Gasteiger partial charge in [-0.15, -0.1) is 5.10 Å². The smallest absolute Gasteiger partial charge is 0.259 e. The van der Waals surface area contributed by atoms with E-state index in [4.69, 9.17) is 4.74 Å². The van der Waals surface area contributed by atoms with Gasteiger partial charge < -0.3 is 10.1 Å². The molecule has 2 aromatic rings. The van der Waals surface area contributed by atoms with Crippen molar-refractivity contribution in [3.05, 3.63) is 47.7 Å². The van der Waals surface area contributed by atoms with Gasteiger partial charge in [0.25, 0.3) is 5.91 Å². The maximum absolute atomic E-state index is 12.9. The Kier molecular flexibility index (Phi) is 6.27. The van der Waals surface area contributed by atoms with Gasteiger partial charge in [-0.05, 0) is 39.2 Å². The van der Waals surface area contributed by atoms with E-state index in [-0.39, 0.29) is 17.3 Å². The zero-order valence-corrected chi connectivity index (χ0v) is 16.7. The molecule has 0 fully saturated rings. The number of benzene rings is 1. The molecule has 144 valence electrons. The first kappa shape index (κ1) is 20.5. The first-order valence-corrected chi connectivity index (χ1v) is 9.25. The molecule has 0 saturated carbocycles. The molecule has 0 aliphatic carbocycles. The number of aromatic nitrogens is 2. The summed E-state index contributed by atoms with van der Waals surface area (Å²) >= 11 is 0. The highest BCUT2D eigenvalue weighted by Crippen LogP contribution is 2.24. The van der Waals surface area contributed by atoms with E-state index in [9.17, 15) is 10.1 Å². The van der Waals surface area contributed by atoms with Crippen molar-refractivity contribution in [3.8, 4) is 11.9 Å². The summed E-state index contributed by atoms with van der Waals surface area (Å²) in [5, 5.41) is 16.9. The minimum absolute atomic E-state index is 0.269.